The molecule has 0 bridgehead atoms. The summed E-state index contributed by atoms with van der Waals surface area (Å²) in [5.74, 6) is -0.472. The van der Waals surface area contributed by atoms with E-state index >= 15 is 0 Å². The van der Waals surface area contributed by atoms with Crippen LogP contribution in [0.2, 0.25) is 5.02 Å². The molecule has 0 aliphatic heterocycles. The van der Waals surface area contributed by atoms with E-state index < -0.39 is 5.97 Å². The molecule has 5 heteroatoms. The number of hydrogen-bond acceptors (Lipinski definition) is 4. The minimum absolute atomic E-state index is 0.0692. The number of methoxy groups -OCH3 is 1. The third-order valence-electron chi connectivity index (χ3n) is 2.40. The number of hydrogen-bond donors (Lipinski definition) is 2. The highest BCUT2D eigenvalue weighted by molar-refractivity contribution is 6.30. The van der Waals surface area contributed by atoms with Gasteiger partial charge in [-0.2, -0.15) is 0 Å². The molecule has 0 atom stereocenters. The van der Waals surface area contributed by atoms with Gasteiger partial charge >= 0.3 is 5.97 Å². The molecule has 0 spiro atoms. The number of anilines is 1. The van der Waals surface area contributed by atoms with Crippen molar-refractivity contribution in [3.63, 3.8) is 0 Å². The van der Waals surface area contributed by atoms with Gasteiger partial charge in [-0.1, -0.05) is 25.4 Å². The van der Waals surface area contributed by atoms with E-state index in [0.29, 0.717) is 10.7 Å². The minimum atomic E-state index is -0.542. The lowest BCUT2D eigenvalue weighted by molar-refractivity contribution is -0.136. The van der Waals surface area contributed by atoms with Crippen molar-refractivity contribution < 1.29 is 9.53 Å². The fourth-order valence-electron chi connectivity index (χ4n) is 1.43. The van der Waals surface area contributed by atoms with Gasteiger partial charge in [-0.15, -0.1) is 0 Å². The summed E-state index contributed by atoms with van der Waals surface area (Å²) in [6.07, 6.45) is 0. The van der Waals surface area contributed by atoms with Gasteiger partial charge in [-0.25, -0.2) is 4.79 Å². The molecule has 3 N–H and O–H groups in total. The minimum Gasteiger partial charge on any atom is -0.464 e. The molecule has 0 heterocycles. The Morgan fingerprint density at radius 1 is 1.33 bits per heavy atom. The lowest BCUT2D eigenvalue weighted by Gasteiger charge is -2.16. The van der Waals surface area contributed by atoms with E-state index in [4.69, 9.17) is 17.3 Å². The monoisotopic (exact) mass is 268 g/mol. The van der Waals surface area contributed by atoms with Crippen LogP contribution < -0.4 is 11.1 Å². The van der Waals surface area contributed by atoms with Gasteiger partial charge < -0.3 is 15.8 Å². The van der Waals surface area contributed by atoms with Crippen molar-refractivity contribution in [2.75, 3.05) is 12.4 Å². The van der Waals surface area contributed by atoms with Gasteiger partial charge in [0.15, 0.2) is 0 Å². The predicted octanol–water partition coefficient (Wildman–Crippen LogP) is 2.75. The molecule has 1 rings (SSSR count). The van der Waals surface area contributed by atoms with Crippen LogP contribution in [0.4, 0.5) is 5.69 Å². The van der Waals surface area contributed by atoms with Crippen LogP contribution in [0.15, 0.2) is 35.7 Å². The molecule has 1 aromatic rings. The van der Waals surface area contributed by atoms with Gasteiger partial charge in [0, 0.05) is 16.4 Å². The van der Waals surface area contributed by atoms with E-state index in [1.807, 2.05) is 26.0 Å². The molecular formula is C13H17ClN2O2. The van der Waals surface area contributed by atoms with E-state index in [-0.39, 0.29) is 11.6 Å². The highest BCUT2D eigenvalue weighted by Gasteiger charge is 2.15. The number of rotatable bonds is 4. The Morgan fingerprint density at radius 2 is 1.89 bits per heavy atom. The molecule has 1 aromatic carbocycles. The van der Waals surface area contributed by atoms with Gasteiger partial charge in [0.25, 0.3) is 0 Å². The van der Waals surface area contributed by atoms with Crippen LogP contribution in [0.3, 0.4) is 0 Å². The number of halogens is 1. The quantitative estimate of drug-likeness (QED) is 0.651. The van der Waals surface area contributed by atoms with Crippen molar-refractivity contribution in [2.24, 2.45) is 11.7 Å². The van der Waals surface area contributed by atoms with Crippen molar-refractivity contribution in [3.05, 3.63) is 40.7 Å². The fraction of sp³-hybridized carbons (Fsp3) is 0.308. The predicted molar refractivity (Wildman–Crippen MR) is 73.1 cm³/mol. The molecule has 0 amide bonds. The molecule has 0 unspecified atom stereocenters. The Balaban J connectivity index is 3.01. The van der Waals surface area contributed by atoms with E-state index in [9.17, 15) is 4.79 Å². The first-order chi connectivity index (χ1) is 8.45. The molecule has 98 valence electrons. The first-order valence-electron chi connectivity index (χ1n) is 5.56. The second kappa shape index (κ2) is 6.31. The molecule has 0 fully saturated rings. The maximum Gasteiger partial charge on any atom is 0.355 e. The van der Waals surface area contributed by atoms with Crippen LogP contribution >= 0.6 is 11.6 Å². The summed E-state index contributed by atoms with van der Waals surface area (Å²) in [5.41, 5.74) is 7.30. The third kappa shape index (κ3) is 3.67. The van der Waals surface area contributed by atoms with Crippen LogP contribution in [-0.4, -0.2) is 13.1 Å². The maximum absolute atomic E-state index is 11.4. The summed E-state index contributed by atoms with van der Waals surface area (Å²) in [4.78, 5) is 11.4. The largest absolute Gasteiger partial charge is 0.464 e. The molecule has 0 saturated carbocycles. The van der Waals surface area contributed by atoms with E-state index in [1.165, 1.54) is 7.11 Å². The van der Waals surface area contributed by atoms with Gasteiger partial charge in [-0.05, 0) is 30.2 Å². The Kier molecular flexibility index (Phi) is 5.04. The molecule has 0 radical (unpaired) electrons. The molecule has 0 aromatic heterocycles. The molecular weight excluding hydrogens is 252 g/mol. The number of nitrogens with one attached hydrogen (secondary N) is 1. The number of esters is 1. The van der Waals surface area contributed by atoms with Gasteiger partial charge in [0.2, 0.25) is 0 Å². The SMILES string of the molecule is COC(=O)/C(N)=C(/Nc1ccc(Cl)cc1)C(C)C. The van der Waals surface area contributed by atoms with E-state index in [2.05, 4.69) is 10.1 Å². The number of carbonyl (C=O) groups excluding carboxylic acids is 1. The average molecular weight is 269 g/mol. The standard InChI is InChI=1S/C13H17ClN2O2/c1-8(2)12(11(15)13(17)18-3)16-10-6-4-9(14)5-7-10/h4-8,16H,15H2,1-3H3/b12-11-. The van der Waals surface area contributed by atoms with Crippen molar-refractivity contribution in [1.82, 2.24) is 0 Å². The summed E-state index contributed by atoms with van der Waals surface area (Å²) >= 11 is 5.81. The van der Waals surface area contributed by atoms with E-state index in [1.54, 1.807) is 12.1 Å². The van der Waals surface area contributed by atoms with Gasteiger partial charge in [-0.3, -0.25) is 0 Å². The lowest BCUT2D eigenvalue weighted by atomic mass is 10.1. The van der Waals surface area contributed by atoms with Crippen LogP contribution in [0, 0.1) is 5.92 Å². The fourth-order valence-corrected chi connectivity index (χ4v) is 1.56. The molecule has 18 heavy (non-hydrogen) atoms. The second-order valence-corrected chi connectivity index (χ2v) is 4.54. The summed E-state index contributed by atoms with van der Waals surface area (Å²) in [7, 11) is 1.30. The summed E-state index contributed by atoms with van der Waals surface area (Å²) < 4.78 is 4.62. The van der Waals surface area contributed by atoms with E-state index in [0.717, 1.165) is 5.69 Å². The molecule has 0 aliphatic rings. The van der Waals surface area contributed by atoms with Crippen LogP contribution in [-0.2, 0) is 9.53 Å². The molecule has 4 nitrogen and oxygen atoms in total. The maximum atomic E-state index is 11.4. The second-order valence-electron chi connectivity index (χ2n) is 4.11. The smallest absolute Gasteiger partial charge is 0.355 e. The zero-order valence-corrected chi connectivity index (χ0v) is 11.4. The van der Waals surface area contributed by atoms with Crippen LogP contribution in [0.25, 0.3) is 0 Å². The number of allylic oxidation sites excluding steroid dienone is 1. The Morgan fingerprint density at radius 3 is 2.33 bits per heavy atom. The van der Waals surface area contributed by atoms with Crippen LogP contribution in [0.1, 0.15) is 13.8 Å². The first-order valence-corrected chi connectivity index (χ1v) is 5.94. The average Bonchev–Trinajstić information content (AvgIpc) is 2.36. The zero-order chi connectivity index (χ0) is 13.7. The first kappa shape index (κ1) is 14.4. The van der Waals surface area contributed by atoms with Gasteiger partial charge in [0.05, 0.1) is 7.11 Å². The topological polar surface area (TPSA) is 64.3 Å². The Labute approximate surface area is 112 Å². The highest BCUT2D eigenvalue weighted by atomic mass is 35.5. The summed E-state index contributed by atoms with van der Waals surface area (Å²) in [5, 5.41) is 3.77. The zero-order valence-electron chi connectivity index (χ0n) is 10.7. The Hall–Kier alpha value is -1.68. The Bertz CT molecular complexity index is 453. The van der Waals surface area contributed by atoms with Crippen molar-refractivity contribution in [3.8, 4) is 0 Å². The van der Waals surface area contributed by atoms with Gasteiger partial charge in [0.1, 0.15) is 5.70 Å². The summed E-state index contributed by atoms with van der Waals surface area (Å²) in [6, 6.07) is 7.15. The molecule has 0 saturated heterocycles. The highest BCUT2D eigenvalue weighted by Crippen LogP contribution is 2.19. The summed E-state index contributed by atoms with van der Waals surface area (Å²) in [6.45, 7) is 3.88. The third-order valence-corrected chi connectivity index (χ3v) is 2.65. The van der Waals surface area contributed by atoms with Crippen molar-refractivity contribution in [1.29, 1.82) is 0 Å². The van der Waals surface area contributed by atoms with Crippen molar-refractivity contribution in [2.45, 2.75) is 13.8 Å². The number of ether oxygens (including phenoxy) is 1. The lowest BCUT2D eigenvalue weighted by Crippen LogP contribution is -2.22. The van der Waals surface area contributed by atoms with Crippen molar-refractivity contribution >= 4 is 23.3 Å². The van der Waals surface area contributed by atoms with Crippen LogP contribution in [0.5, 0.6) is 0 Å². The number of carbonyl (C=O) groups is 1. The number of benzene rings is 1. The number of nitrogens with two attached hydrogens (primary N) is 1. The normalized spacial score (nSPS) is 12.1. The molecule has 0 aliphatic carbocycles.